The number of hydrogen-bond donors (Lipinski definition) is 1. The maximum atomic E-state index is 12.3. The van der Waals surface area contributed by atoms with Crippen molar-refractivity contribution in [1.82, 2.24) is 15.3 Å². The largest absolute Gasteiger partial charge is 0.419 e. The zero-order chi connectivity index (χ0) is 11.6. The predicted molar refractivity (Wildman–Crippen MR) is 66.4 cm³/mol. The van der Waals surface area contributed by atoms with Gasteiger partial charge in [-0.25, -0.2) is 9.97 Å². The molecule has 1 fully saturated rings. The van der Waals surface area contributed by atoms with Crippen molar-refractivity contribution in [2.45, 2.75) is 24.9 Å². The van der Waals surface area contributed by atoms with Gasteiger partial charge in [0, 0.05) is 18.3 Å². The lowest BCUT2D eigenvalue weighted by Crippen LogP contribution is -2.27. The van der Waals surface area contributed by atoms with Crippen LogP contribution in [0.3, 0.4) is 0 Å². The fourth-order valence-corrected chi connectivity index (χ4v) is 1.78. The van der Waals surface area contributed by atoms with E-state index in [-0.39, 0.29) is 30.7 Å². The number of rotatable bonds is 1. The monoisotopic (exact) mass is 303 g/mol. The second-order valence-corrected chi connectivity index (χ2v) is 3.85. The maximum absolute atomic E-state index is 12.3. The molecule has 1 aliphatic heterocycles. The minimum absolute atomic E-state index is 0. The highest BCUT2D eigenvalue weighted by molar-refractivity contribution is 5.85. The van der Waals surface area contributed by atoms with Crippen molar-refractivity contribution in [2.24, 2.45) is 0 Å². The van der Waals surface area contributed by atoms with Crippen LogP contribution in [0.25, 0.3) is 0 Å². The molecule has 1 saturated heterocycles. The molecule has 104 valence electrons. The summed E-state index contributed by atoms with van der Waals surface area (Å²) in [4.78, 5) is 7.62. The lowest BCUT2D eigenvalue weighted by Gasteiger charge is -2.21. The van der Waals surface area contributed by atoms with E-state index >= 15 is 0 Å². The van der Waals surface area contributed by atoms with Gasteiger partial charge < -0.3 is 5.32 Å². The van der Waals surface area contributed by atoms with Crippen molar-refractivity contribution in [2.75, 3.05) is 13.1 Å². The Morgan fingerprint density at radius 3 is 2.00 bits per heavy atom. The Morgan fingerprint density at radius 1 is 1.06 bits per heavy atom. The first-order valence-corrected chi connectivity index (χ1v) is 5.17. The second kappa shape index (κ2) is 7.11. The Morgan fingerprint density at radius 2 is 1.56 bits per heavy atom. The van der Waals surface area contributed by atoms with Crippen LogP contribution in [0.4, 0.5) is 13.2 Å². The summed E-state index contributed by atoms with van der Waals surface area (Å²) in [6, 6.07) is 0. The summed E-state index contributed by atoms with van der Waals surface area (Å²) < 4.78 is 36.8. The molecule has 0 atom stereocenters. The number of nitrogens with one attached hydrogen (secondary N) is 1. The van der Waals surface area contributed by atoms with Crippen LogP contribution in [0.2, 0.25) is 0 Å². The van der Waals surface area contributed by atoms with E-state index in [1.165, 1.54) is 0 Å². The molecule has 0 amide bonds. The smallest absolute Gasteiger partial charge is 0.317 e. The van der Waals surface area contributed by atoms with E-state index in [2.05, 4.69) is 15.3 Å². The quantitative estimate of drug-likeness (QED) is 0.867. The van der Waals surface area contributed by atoms with Gasteiger partial charge in [-0.05, 0) is 25.9 Å². The van der Waals surface area contributed by atoms with E-state index in [1.54, 1.807) is 0 Å². The number of alkyl halides is 3. The standard InChI is InChI=1S/C10H12F3N3.2ClH/c11-10(12,13)8-5-15-9(16-6-8)7-1-3-14-4-2-7;;/h5-7,14H,1-4H2;2*1H. The highest BCUT2D eigenvalue weighted by Gasteiger charge is 2.31. The molecule has 0 aromatic carbocycles. The third-order valence-corrected chi connectivity index (χ3v) is 2.70. The zero-order valence-corrected chi connectivity index (χ0v) is 11.0. The fourth-order valence-electron chi connectivity index (χ4n) is 1.78. The molecule has 3 nitrogen and oxygen atoms in total. The molecule has 18 heavy (non-hydrogen) atoms. The van der Waals surface area contributed by atoms with E-state index in [9.17, 15) is 13.2 Å². The van der Waals surface area contributed by atoms with E-state index in [0.29, 0.717) is 5.82 Å². The molecule has 1 N–H and O–H groups in total. The SMILES string of the molecule is Cl.Cl.FC(F)(F)c1cnc(C2CCNCC2)nc1. The van der Waals surface area contributed by atoms with Gasteiger partial charge in [-0.1, -0.05) is 0 Å². The highest BCUT2D eigenvalue weighted by atomic mass is 35.5. The first kappa shape index (κ1) is 17.4. The normalized spacial score (nSPS) is 16.6. The molecule has 2 heterocycles. The average Bonchev–Trinajstić information content (AvgIpc) is 2.29. The molecule has 8 heteroatoms. The van der Waals surface area contributed by atoms with Crippen LogP contribution in [0.1, 0.15) is 30.1 Å². The fraction of sp³-hybridized carbons (Fsp3) is 0.600. The summed E-state index contributed by atoms with van der Waals surface area (Å²) in [6.45, 7) is 1.74. The molecule has 0 unspecified atom stereocenters. The summed E-state index contributed by atoms with van der Waals surface area (Å²) in [7, 11) is 0. The maximum Gasteiger partial charge on any atom is 0.419 e. The van der Waals surface area contributed by atoms with Crippen LogP contribution >= 0.6 is 24.8 Å². The van der Waals surface area contributed by atoms with Crippen LogP contribution in [0.15, 0.2) is 12.4 Å². The summed E-state index contributed by atoms with van der Waals surface area (Å²) in [5.74, 6) is 0.707. The Balaban J connectivity index is 0.00000144. The van der Waals surface area contributed by atoms with Gasteiger partial charge in [0.2, 0.25) is 0 Å². The second-order valence-electron chi connectivity index (χ2n) is 3.85. The minimum Gasteiger partial charge on any atom is -0.317 e. The average molecular weight is 304 g/mol. The van der Waals surface area contributed by atoms with Gasteiger partial charge in [0.15, 0.2) is 0 Å². The van der Waals surface area contributed by atoms with E-state index in [1.807, 2.05) is 0 Å². The molecule has 0 bridgehead atoms. The molecule has 0 aliphatic carbocycles. The van der Waals surface area contributed by atoms with Gasteiger partial charge in [-0.15, -0.1) is 24.8 Å². The van der Waals surface area contributed by atoms with Crippen LogP contribution < -0.4 is 5.32 Å². The van der Waals surface area contributed by atoms with Crippen molar-refractivity contribution in [3.63, 3.8) is 0 Å². The van der Waals surface area contributed by atoms with Gasteiger partial charge in [-0.3, -0.25) is 0 Å². The van der Waals surface area contributed by atoms with E-state index in [4.69, 9.17) is 0 Å². The zero-order valence-electron chi connectivity index (χ0n) is 9.41. The molecule has 1 aromatic rings. The Labute approximate surface area is 115 Å². The third kappa shape index (κ3) is 4.26. The van der Waals surface area contributed by atoms with Gasteiger partial charge in [0.1, 0.15) is 5.82 Å². The van der Waals surface area contributed by atoms with Crippen molar-refractivity contribution >= 4 is 24.8 Å². The van der Waals surface area contributed by atoms with Crippen molar-refractivity contribution in [3.05, 3.63) is 23.8 Å². The van der Waals surface area contributed by atoms with Gasteiger partial charge in [0.25, 0.3) is 0 Å². The lowest BCUT2D eigenvalue weighted by atomic mass is 9.97. The van der Waals surface area contributed by atoms with Crippen molar-refractivity contribution in [1.29, 1.82) is 0 Å². The van der Waals surface area contributed by atoms with Crippen molar-refractivity contribution < 1.29 is 13.2 Å². The third-order valence-electron chi connectivity index (χ3n) is 2.70. The molecule has 1 aromatic heterocycles. The molecule has 2 rings (SSSR count). The van der Waals surface area contributed by atoms with E-state index in [0.717, 1.165) is 38.3 Å². The van der Waals surface area contributed by atoms with Gasteiger partial charge >= 0.3 is 6.18 Å². The van der Waals surface area contributed by atoms with Crippen LogP contribution in [-0.2, 0) is 6.18 Å². The molecule has 0 saturated carbocycles. The molecule has 0 spiro atoms. The van der Waals surface area contributed by atoms with Gasteiger partial charge in [0.05, 0.1) is 5.56 Å². The summed E-state index contributed by atoms with van der Waals surface area (Å²) in [5.41, 5.74) is -0.787. The number of halogens is 5. The Kier molecular flexibility index (Phi) is 6.88. The summed E-state index contributed by atoms with van der Waals surface area (Å²) in [5, 5.41) is 3.18. The first-order chi connectivity index (χ1) is 7.57. The number of piperidine rings is 1. The minimum atomic E-state index is -4.35. The topological polar surface area (TPSA) is 37.8 Å². The van der Waals surface area contributed by atoms with Crippen LogP contribution in [0.5, 0.6) is 0 Å². The summed E-state index contributed by atoms with van der Waals surface area (Å²) >= 11 is 0. The van der Waals surface area contributed by atoms with Crippen LogP contribution in [-0.4, -0.2) is 23.1 Å². The van der Waals surface area contributed by atoms with E-state index < -0.39 is 11.7 Å². The van der Waals surface area contributed by atoms with Gasteiger partial charge in [-0.2, -0.15) is 13.2 Å². The molecular formula is C10H14Cl2F3N3. The van der Waals surface area contributed by atoms with Crippen molar-refractivity contribution in [3.8, 4) is 0 Å². The number of nitrogens with zero attached hydrogens (tertiary/aromatic N) is 2. The van der Waals surface area contributed by atoms with Crippen LogP contribution in [0, 0.1) is 0 Å². The number of hydrogen-bond acceptors (Lipinski definition) is 3. The summed E-state index contributed by atoms with van der Waals surface area (Å²) in [6.07, 6.45) is -0.863. The molecule has 1 aliphatic rings. The molecule has 0 radical (unpaired) electrons. The first-order valence-electron chi connectivity index (χ1n) is 5.17. The Hall–Kier alpha value is -0.590. The molecular weight excluding hydrogens is 290 g/mol. The predicted octanol–water partition coefficient (Wildman–Crippen LogP) is 2.81. The number of aromatic nitrogens is 2. The lowest BCUT2D eigenvalue weighted by molar-refractivity contribution is -0.138. The highest BCUT2D eigenvalue weighted by Crippen LogP contribution is 2.29. The Bertz CT molecular complexity index is 350.